The van der Waals surface area contributed by atoms with Crippen LogP contribution in [0.1, 0.15) is 19.8 Å². The van der Waals surface area contributed by atoms with Crippen LogP contribution in [0.25, 0.3) is 0 Å². The van der Waals surface area contributed by atoms with Crippen molar-refractivity contribution in [3.8, 4) is 0 Å². The maximum atomic E-state index is 8.75. The first-order valence-corrected chi connectivity index (χ1v) is 5.58. The van der Waals surface area contributed by atoms with Crippen molar-refractivity contribution >= 4 is 11.8 Å². The third-order valence-corrected chi connectivity index (χ3v) is 3.91. The standard InChI is InChI=1S/C9H19NOS/c1-9(4-3-7-12-9)8-10(2)5-6-11/h11H,3-8H2,1-2H3. The highest BCUT2D eigenvalue weighted by Crippen LogP contribution is 2.37. The number of aliphatic hydroxyl groups excluding tert-OH is 1. The highest BCUT2D eigenvalue weighted by Gasteiger charge is 2.30. The second-order valence-electron chi connectivity index (χ2n) is 3.86. The Kier molecular flexibility index (Phi) is 3.87. The van der Waals surface area contributed by atoms with E-state index in [1.807, 2.05) is 0 Å². The normalized spacial score (nSPS) is 30.0. The molecule has 1 aliphatic heterocycles. The molecule has 0 aromatic carbocycles. The monoisotopic (exact) mass is 189 g/mol. The van der Waals surface area contributed by atoms with Gasteiger partial charge < -0.3 is 10.0 Å². The summed E-state index contributed by atoms with van der Waals surface area (Å²) in [4.78, 5) is 2.22. The number of thioether (sulfide) groups is 1. The van der Waals surface area contributed by atoms with Crippen LogP contribution < -0.4 is 0 Å². The fourth-order valence-electron chi connectivity index (χ4n) is 1.78. The SMILES string of the molecule is CN(CCO)CC1(C)CCCS1. The molecule has 1 aliphatic rings. The fraction of sp³-hybridized carbons (Fsp3) is 1.00. The molecule has 1 rings (SSSR count). The largest absolute Gasteiger partial charge is 0.395 e. The molecular weight excluding hydrogens is 170 g/mol. The van der Waals surface area contributed by atoms with Gasteiger partial charge in [-0.15, -0.1) is 0 Å². The first kappa shape index (κ1) is 10.4. The first-order chi connectivity index (χ1) is 5.66. The van der Waals surface area contributed by atoms with Crippen molar-refractivity contribution in [1.82, 2.24) is 4.90 Å². The van der Waals surface area contributed by atoms with E-state index in [1.54, 1.807) is 0 Å². The van der Waals surface area contributed by atoms with Gasteiger partial charge >= 0.3 is 0 Å². The van der Waals surface area contributed by atoms with Crippen LogP contribution >= 0.6 is 11.8 Å². The van der Waals surface area contributed by atoms with E-state index in [2.05, 4.69) is 30.6 Å². The zero-order chi connectivity index (χ0) is 9.03. The molecule has 0 aromatic rings. The number of hydrogen-bond acceptors (Lipinski definition) is 3. The number of rotatable bonds is 4. The van der Waals surface area contributed by atoms with E-state index in [0.717, 1.165) is 13.1 Å². The Hall–Kier alpha value is 0.270. The van der Waals surface area contributed by atoms with Crippen molar-refractivity contribution in [1.29, 1.82) is 0 Å². The van der Waals surface area contributed by atoms with Crippen molar-refractivity contribution < 1.29 is 5.11 Å². The topological polar surface area (TPSA) is 23.5 Å². The maximum absolute atomic E-state index is 8.75. The molecule has 0 radical (unpaired) electrons. The average Bonchev–Trinajstić information content (AvgIpc) is 2.36. The molecule has 72 valence electrons. The van der Waals surface area contributed by atoms with E-state index in [4.69, 9.17) is 5.11 Å². The summed E-state index contributed by atoms with van der Waals surface area (Å²) < 4.78 is 0.448. The van der Waals surface area contributed by atoms with Gasteiger partial charge in [0.05, 0.1) is 6.61 Å². The Balaban J connectivity index is 2.28. The van der Waals surface area contributed by atoms with Crippen LogP contribution in [0.4, 0.5) is 0 Å². The van der Waals surface area contributed by atoms with E-state index >= 15 is 0 Å². The van der Waals surface area contributed by atoms with Crippen molar-refractivity contribution in [3.63, 3.8) is 0 Å². The minimum atomic E-state index is 0.275. The van der Waals surface area contributed by atoms with E-state index in [9.17, 15) is 0 Å². The molecule has 12 heavy (non-hydrogen) atoms. The Morgan fingerprint density at radius 1 is 1.58 bits per heavy atom. The van der Waals surface area contributed by atoms with Crippen molar-refractivity contribution in [2.75, 3.05) is 32.5 Å². The summed E-state index contributed by atoms with van der Waals surface area (Å²) in [5.74, 6) is 1.31. The van der Waals surface area contributed by atoms with E-state index in [1.165, 1.54) is 18.6 Å². The summed E-state index contributed by atoms with van der Waals surface area (Å²) in [6.07, 6.45) is 2.68. The summed E-state index contributed by atoms with van der Waals surface area (Å²) in [5, 5.41) is 8.75. The third kappa shape index (κ3) is 2.96. The number of aliphatic hydroxyl groups is 1. The Labute approximate surface area is 79.3 Å². The van der Waals surface area contributed by atoms with E-state index < -0.39 is 0 Å². The molecule has 1 N–H and O–H groups in total. The summed E-state index contributed by atoms with van der Waals surface area (Å²) in [5.41, 5.74) is 0. The van der Waals surface area contributed by atoms with Crippen LogP contribution in [0.3, 0.4) is 0 Å². The summed E-state index contributed by atoms with van der Waals surface area (Å²) >= 11 is 2.08. The van der Waals surface area contributed by atoms with Gasteiger partial charge in [0.25, 0.3) is 0 Å². The third-order valence-electron chi connectivity index (χ3n) is 2.39. The van der Waals surface area contributed by atoms with Crippen LogP contribution in [0.15, 0.2) is 0 Å². The van der Waals surface area contributed by atoms with Crippen LogP contribution in [0.2, 0.25) is 0 Å². The number of nitrogens with zero attached hydrogens (tertiary/aromatic N) is 1. The number of hydrogen-bond donors (Lipinski definition) is 1. The molecule has 0 saturated carbocycles. The van der Waals surface area contributed by atoms with Gasteiger partial charge in [0.15, 0.2) is 0 Å². The fourth-order valence-corrected chi connectivity index (χ4v) is 3.16. The minimum Gasteiger partial charge on any atom is -0.395 e. The van der Waals surface area contributed by atoms with Gasteiger partial charge in [-0.05, 0) is 32.6 Å². The van der Waals surface area contributed by atoms with E-state index in [-0.39, 0.29) is 6.61 Å². The number of likely N-dealkylation sites (N-methyl/N-ethyl adjacent to an activating group) is 1. The molecule has 3 heteroatoms. The lowest BCUT2D eigenvalue weighted by Crippen LogP contribution is -2.36. The van der Waals surface area contributed by atoms with Crippen LogP contribution in [0.5, 0.6) is 0 Å². The first-order valence-electron chi connectivity index (χ1n) is 4.60. The van der Waals surface area contributed by atoms with Crippen LogP contribution in [0, 0.1) is 0 Å². The summed E-state index contributed by atoms with van der Waals surface area (Å²) in [7, 11) is 2.08. The van der Waals surface area contributed by atoms with Gasteiger partial charge in [0, 0.05) is 17.8 Å². The molecule has 1 saturated heterocycles. The molecule has 0 aliphatic carbocycles. The molecular formula is C9H19NOS. The maximum Gasteiger partial charge on any atom is 0.0558 e. The molecule has 1 unspecified atom stereocenters. The highest BCUT2D eigenvalue weighted by atomic mass is 32.2. The summed E-state index contributed by atoms with van der Waals surface area (Å²) in [6, 6.07) is 0. The molecule has 0 bridgehead atoms. The van der Waals surface area contributed by atoms with Gasteiger partial charge in [-0.1, -0.05) is 0 Å². The quantitative estimate of drug-likeness (QED) is 0.719. The molecule has 2 nitrogen and oxygen atoms in total. The molecule has 0 aromatic heterocycles. The lowest BCUT2D eigenvalue weighted by atomic mass is 10.1. The molecule has 1 atom stereocenters. The molecule has 0 amide bonds. The second kappa shape index (κ2) is 4.49. The average molecular weight is 189 g/mol. The highest BCUT2D eigenvalue weighted by molar-refractivity contribution is 8.00. The van der Waals surface area contributed by atoms with E-state index in [0.29, 0.717) is 4.75 Å². The summed E-state index contributed by atoms with van der Waals surface area (Å²) in [6.45, 7) is 4.52. The van der Waals surface area contributed by atoms with Crippen LogP contribution in [-0.2, 0) is 0 Å². The molecule has 1 fully saturated rings. The van der Waals surface area contributed by atoms with Crippen molar-refractivity contribution in [2.24, 2.45) is 0 Å². The minimum absolute atomic E-state index is 0.275. The Bertz CT molecular complexity index is 134. The van der Waals surface area contributed by atoms with Gasteiger partial charge in [-0.2, -0.15) is 11.8 Å². The molecule has 1 heterocycles. The van der Waals surface area contributed by atoms with Gasteiger partial charge in [-0.3, -0.25) is 0 Å². The lowest BCUT2D eigenvalue weighted by molar-refractivity contribution is 0.211. The zero-order valence-electron chi connectivity index (χ0n) is 8.05. The smallest absolute Gasteiger partial charge is 0.0558 e. The Morgan fingerprint density at radius 3 is 2.83 bits per heavy atom. The predicted octanol–water partition coefficient (Wildman–Crippen LogP) is 1.20. The van der Waals surface area contributed by atoms with Crippen LogP contribution in [-0.4, -0.2) is 47.3 Å². The van der Waals surface area contributed by atoms with Gasteiger partial charge in [0.2, 0.25) is 0 Å². The van der Waals surface area contributed by atoms with Gasteiger partial charge in [-0.25, -0.2) is 0 Å². The van der Waals surface area contributed by atoms with Crippen molar-refractivity contribution in [2.45, 2.75) is 24.5 Å². The second-order valence-corrected chi connectivity index (χ2v) is 5.55. The molecule has 0 spiro atoms. The lowest BCUT2D eigenvalue weighted by Gasteiger charge is -2.28. The van der Waals surface area contributed by atoms with Gasteiger partial charge in [0.1, 0.15) is 0 Å². The van der Waals surface area contributed by atoms with Crippen molar-refractivity contribution in [3.05, 3.63) is 0 Å². The zero-order valence-corrected chi connectivity index (χ0v) is 8.86. The Morgan fingerprint density at radius 2 is 2.33 bits per heavy atom. The predicted molar refractivity (Wildman–Crippen MR) is 54.7 cm³/mol.